The topological polar surface area (TPSA) is 114 Å². The van der Waals surface area contributed by atoms with E-state index in [1.807, 2.05) is 0 Å². The van der Waals surface area contributed by atoms with Gasteiger partial charge in [-0.1, -0.05) is 12.8 Å². The van der Waals surface area contributed by atoms with Gasteiger partial charge in [-0.05, 0) is 37.1 Å². The highest BCUT2D eigenvalue weighted by atomic mass is 16.5. The summed E-state index contributed by atoms with van der Waals surface area (Å²) in [5, 5.41) is 9.19. The fourth-order valence-corrected chi connectivity index (χ4v) is 2.82. The van der Waals surface area contributed by atoms with Crippen LogP contribution < -0.4 is 20.3 Å². The summed E-state index contributed by atoms with van der Waals surface area (Å²) in [6.45, 7) is -0.278. The molecule has 1 aliphatic carbocycles. The van der Waals surface area contributed by atoms with Crippen molar-refractivity contribution in [3.63, 3.8) is 0 Å². The van der Waals surface area contributed by atoms with E-state index in [1.54, 1.807) is 31.4 Å². The van der Waals surface area contributed by atoms with Gasteiger partial charge in [0.25, 0.3) is 5.91 Å². The third-order valence-corrected chi connectivity index (χ3v) is 4.17. The molecular formula is C17H22N2O6. The molecule has 2 amide bonds. The summed E-state index contributed by atoms with van der Waals surface area (Å²) in [6.07, 6.45) is 2.57. The number of hydrogen-bond donors (Lipinski definition) is 3. The molecule has 3 N–H and O–H groups in total. The van der Waals surface area contributed by atoms with Crippen molar-refractivity contribution >= 4 is 17.8 Å². The van der Waals surface area contributed by atoms with Gasteiger partial charge < -0.3 is 14.6 Å². The van der Waals surface area contributed by atoms with Gasteiger partial charge in [0.15, 0.2) is 6.61 Å². The van der Waals surface area contributed by atoms with E-state index < -0.39 is 29.6 Å². The van der Waals surface area contributed by atoms with E-state index in [-0.39, 0.29) is 6.61 Å². The van der Waals surface area contributed by atoms with Gasteiger partial charge in [0.05, 0.1) is 18.9 Å². The van der Waals surface area contributed by atoms with Crippen molar-refractivity contribution in [1.82, 2.24) is 10.9 Å². The first-order valence-corrected chi connectivity index (χ1v) is 8.09. The van der Waals surface area contributed by atoms with Crippen LogP contribution in [0.5, 0.6) is 11.5 Å². The molecule has 136 valence electrons. The number of methoxy groups -OCH3 is 1. The van der Waals surface area contributed by atoms with E-state index in [9.17, 15) is 19.5 Å². The predicted molar refractivity (Wildman–Crippen MR) is 87.9 cm³/mol. The van der Waals surface area contributed by atoms with Gasteiger partial charge in [0.1, 0.15) is 11.5 Å². The van der Waals surface area contributed by atoms with Gasteiger partial charge in [-0.3, -0.25) is 25.2 Å². The van der Waals surface area contributed by atoms with Crippen molar-refractivity contribution < 1.29 is 29.0 Å². The minimum atomic E-state index is -0.978. The molecule has 0 radical (unpaired) electrons. The summed E-state index contributed by atoms with van der Waals surface area (Å²) in [6, 6.07) is 6.71. The Morgan fingerprint density at radius 1 is 1.04 bits per heavy atom. The van der Waals surface area contributed by atoms with Crippen LogP contribution in [-0.4, -0.2) is 36.6 Å². The van der Waals surface area contributed by atoms with Crippen LogP contribution in [0.3, 0.4) is 0 Å². The molecule has 8 heteroatoms. The summed E-state index contributed by atoms with van der Waals surface area (Å²) in [4.78, 5) is 35.1. The predicted octanol–water partition coefficient (Wildman–Crippen LogP) is 1.11. The average Bonchev–Trinajstić information content (AvgIpc) is 2.64. The highest BCUT2D eigenvalue weighted by Crippen LogP contribution is 2.30. The van der Waals surface area contributed by atoms with E-state index in [1.165, 1.54) is 0 Å². The molecule has 2 atom stereocenters. The van der Waals surface area contributed by atoms with Crippen molar-refractivity contribution in [3.05, 3.63) is 24.3 Å². The molecule has 0 saturated heterocycles. The second-order valence-electron chi connectivity index (χ2n) is 5.84. The Bertz CT molecular complexity index is 616. The van der Waals surface area contributed by atoms with Crippen molar-refractivity contribution in [2.45, 2.75) is 25.7 Å². The second kappa shape index (κ2) is 8.91. The molecular weight excluding hydrogens is 328 g/mol. The van der Waals surface area contributed by atoms with E-state index in [2.05, 4.69) is 10.9 Å². The van der Waals surface area contributed by atoms with Crippen molar-refractivity contribution in [1.29, 1.82) is 0 Å². The molecule has 8 nitrogen and oxygen atoms in total. The molecule has 1 unspecified atom stereocenters. The Labute approximate surface area is 145 Å². The number of rotatable bonds is 6. The number of amides is 2. The van der Waals surface area contributed by atoms with Gasteiger partial charge >= 0.3 is 5.97 Å². The number of nitrogens with one attached hydrogen (secondary N) is 2. The van der Waals surface area contributed by atoms with Gasteiger partial charge in [-0.2, -0.15) is 0 Å². The Morgan fingerprint density at radius 3 is 2.24 bits per heavy atom. The number of hydrazine groups is 1. The summed E-state index contributed by atoms with van der Waals surface area (Å²) < 4.78 is 10.3. The first-order valence-electron chi connectivity index (χ1n) is 8.09. The Hall–Kier alpha value is -2.77. The molecule has 1 saturated carbocycles. The Morgan fingerprint density at radius 2 is 1.64 bits per heavy atom. The maximum Gasteiger partial charge on any atom is 0.307 e. The highest BCUT2D eigenvalue weighted by molar-refractivity contribution is 5.87. The van der Waals surface area contributed by atoms with Gasteiger partial charge in [-0.25, -0.2) is 0 Å². The number of carbonyl (C=O) groups is 3. The standard InChI is InChI=1S/C17H22N2O6/c1-24-11-6-8-12(9-7-11)25-10-15(20)18-19-16(21)13-4-2-3-5-14(13)17(22)23/h6-9,13-14H,2-5,10H2,1H3,(H,18,20)(H,19,21)(H,22,23)/t13?,14-/m0/s1. The SMILES string of the molecule is COc1ccc(OCC(=O)NNC(=O)C2CCCC[C@@H]2C(=O)O)cc1. The first kappa shape index (κ1) is 18.6. The number of benzene rings is 1. The van der Waals surface area contributed by atoms with E-state index in [0.29, 0.717) is 24.3 Å². The molecule has 25 heavy (non-hydrogen) atoms. The largest absolute Gasteiger partial charge is 0.497 e. The molecule has 0 spiro atoms. The minimum Gasteiger partial charge on any atom is -0.497 e. The lowest BCUT2D eigenvalue weighted by Gasteiger charge is -2.27. The van der Waals surface area contributed by atoms with Crippen LogP contribution in [0.4, 0.5) is 0 Å². The zero-order chi connectivity index (χ0) is 18.2. The molecule has 1 aromatic rings. The number of carbonyl (C=O) groups excluding carboxylic acids is 2. The number of aliphatic carboxylic acids is 1. The second-order valence-corrected chi connectivity index (χ2v) is 5.84. The van der Waals surface area contributed by atoms with Crippen molar-refractivity contribution in [2.24, 2.45) is 11.8 Å². The van der Waals surface area contributed by atoms with Gasteiger partial charge in [-0.15, -0.1) is 0 Å². The molecule has 1 aromatic carbocycles. The lowest BCUT2D eigenvalue weighted by molar-refractivity contribution is -0.149. The smallest absolute Gasteiger partial charge is 0.307 e. The van der Waals surface area contributed by atoms with Crippen LogP contribution in [0.1, 0.15) is 25.7 Å². The summed E-state index contributed by atoms with van der Waals surface area (Å²) in [5.74, 6) is -2.17. The van der Waals surface area contributed by atoms with Crippen LogP contribution in [0.2, 0.25) is 0 Å². The minimum absolute atomic E-state index is 0.278. The lowest BCUT2D eigenvalue weighted by Crippen LogP contribution is -2.49. The van der Waals surface area contributed by atoms with E-state index in [4.69, 9.17) is 9.47 Å². The van der Waals surface area contributed by atoms with Crippen molar-refractivity contribution in [2.75, 3.05) is 13.7 Å². The molecule has 1 aliphatic rings. The van der Waals surface area contributed by atoms with E-state index in [0.717, 1.165) is 12.8 Å². The molecule has 1 fully saturated rings. The first-order chi connectivity index (χ1) is 12.0. The zero-order valence-electron chi connectivity index (χ0n) is 14.0. The average molecular weight is 350 g/mol. The third kappa shape index (κ3) is 5.37. The van der Waals surface area contributed by atoms with Gasteiger partial charge in [0, 0.05) is 0 Å². The number of hydrogen-bond acceptors (Lipinski definition) is 5. The molecule has 0 heterocycles. The summed E-state index contributed by atoms with van der Waals surface area (Å²) in [5.41, 5.74) is 4.54. The third-order valence-electron chi connectivity index (χ3n) is 4.17. The Balaban J connectivity index is 1.76. The normalized spacial score (nSPS) is 19.6. The lowest BCUT2D eigenvalue weighted by atomic mass is 9.79. The van der Waals surface area contributed by atoms with Crippen LogP contribution in [0, 0.1) is 11.8 Å². The summed E-state index contributed by atoms with van der Waals surface area (Å²) >= 11 is 0. The highest BCUT2D eigenvalue weighted by Gasteiger charge is 2.35. The van der Waals surface area contributed by atoms with Gasteiger partial charge in [0.2, 0.25) is 5.91 Å². The summed E-state index contributed by atoms with van der Waals surface area (Å²) in [7, 11) is 1.55. The monoisotopic (exact) mass is 350 g/mol. The maximum absolute atomic E-state index is 12.1. The molecule has 0 bridgehead atoms. The van der Waals surface area contributed by atoms with Crippen molar-refractivity contribution in [3.8, 4) is 11.5 Å². The number of ether oxygens (including phenoxy) is 2. The zero-order valence-corrected chi connectivity index (χ0v) is 14.0. The van der Waals surface area contributed by atoms with Crippen LogP contribution in [-0.2, 0) is 14.4 Å². The number of carboxylic acid groups (broad SMARTS) is 1. The van der Waals surface area contributed by atoms with E-state index >= 15 is 0 Å². The van der Waals surface area contributed by atoms with Crippen LogP contribution in [0.25, 0.3) is 0 Å². The molecule has 0 aromatic heterocycles. The maximum atomic E-state index is 12.1. The van der Waals surface area contributed by atoms with Crippen LogP contribution in [0.15, 0.2) is 24.3 Å². The quantitative estimate of drug-likeness (QED) is 0.662. The fourth-order valence-electron chi connectivity index (χ4n) is 2.82. The Kier molecular flexibility index (Phi) is 6.62. The number of carboxylic acids is 1. The fraction of sp³-hybridized carbons (Fsp3) is 0.471. The van der Waals surface area contributed by atoms with Crippen LogP contribution >= 0.6 is 0 Å². The molecule has 2 rings (SSSR count). The molecule has 0 aliphatic heterocycles.